The molecule has 0 saturated heterocycles. The summed E-state index contributed by atoms with van der Waals surface area (Å²) in [5.41, 5.74) is 8.04. The number of halogens is 1. The summed E-state index contributed by atoms with van der Waals surface area (Å²) in [5.74, 6) is 0.964. The van der Waals surface area contributed by atoms with Gasteiger partial charge >= 0.3 is 0 Å². The van der Waals surface area contributed by atoms with Crippen LogP contribution in [0.1, 0.15) is 42.6 Å². The van der Waals surface area contributed by atoms with Crippen LogP contribution < -0.4 is 10.5 Å². The lowest BCUT2D eigenvalue weighted by molar-refractivity contribution is 0.181. The standard InChI is InChI=1S/C13H20ClNO2/c1-7(2)9-5-10(14)8(3)12(11(16)6-15)13(9)17-4/h5,7,11,16H,6,15H2,1-4H3. The van der Waals surface area contributed by atoms with E-state index in [0.717, 1.165) is 11.1 Å². The van der Waals surface area contributed by atoms with Crippen molar-refractivity contribution in [3.05, 3.63) is 27.8 Å². The van der Waals surface area contributed by atoms with Gasteiger partial charge < -0.3 is 15.6 Å². The third-order valence-electron chi connectivity index (χ3n) is 2.93. The van der Waals surface area contributed by atoms with E-state index in [0.29, 0.717) is 16.3 Å². The van der Waals surface area contributed by atoms with Crippen LogP contribution in [0.4, 0.5) is 0 Å². The van der Waals surface area contributed by atoms with Crippen molar-refractivity contribution in [1.29, 1.82) is 0 Å². The maximum atomic E-state index is 9.99. The maximum Gasteiger partial charge on any atom is 0.128 e. The Morgan fingerprint density at radius 3 is 2.47 bits per heavy atom. The van der Waals surface area contributed by atoms with E-state index in [2.05, 4.69) is 13.8 Å². The molecule has 1 rings (SSSR count). The molecule has 0 aliphatic rings. The molecule has 0 fully saturated rings. The van der Waals surface area contributed by atoms with Gasteiger partial charge in [0.05, 0.1) is 13.2 Å². The lowest BCUT2D eigenvalue weighted by atomic mass is 9.93. The Morgan fingerprint density at radius 1 is 1.47 bits per heavy atom. The average molecular weight is 258 g/mol. The summed E-state index contributed by atoms with van der Waals surface area (Å²) in [6, 6.07) is 1.90. The van der Waals surface area contributed by atoms with E-state index in [-0.39, 0.29) is 12.5 Å². The van der Waals surface area contributed by atoms with E-state index in [1.54, 1.807) is 7.11 Å². The molecule has 17 heavy (non-hydrogen) atoms. The zero-order valence-corrected chi connectivity index (χ0v) is 11.5. The summed E-state index contributed by atoms with van der Waals surface area (Å²) in [5, 5.41) is 10.6. The second-order valence-electron chi connectivity index (χ2n) is 4.43. The smallest absolute Gasteiger partial charge is 0.128 e. The molecule has 0 aromatic heterocycles. The minimum absolute atomic E-state index is 0.148. The minimum Gasteiger partial charge on any atom is -0.496 e. The highest BCUT2D eigenvalue weighted by molar-refractivity contribution is 6.31. The number of aliphatic hydroxyl groups is 1. The van der Waals surface area contributed by atoms with Crippen LogP contribution in [-0.2, 0) is 0 Å². The van der Waals surface area contributed by atoms with Crippen molar-refractivity contribution in [3.8, 4) is 5.75 Å². The first-order valence-corrected chi connectivity index (χ1v) is 6.06. The molecule has 1 atom stereocenters. The Labute approximate surface area is 108 Å². The van der Waals surface area contributed by atoms with E-state index in [1.807, 2.05) is 13.0 Å². The number of ether oxygens (including phenoxy) is 1. The van der Waals surface area contributed by atoms with Gasteiger partial charge in [-0.3, -0.25) is 0 Å². The van der Waals surface area contributed by atoms with Gasteiger partial charge in [0.25, 0.3) is 0 Å². The molecule has 0 heterocycles. The van der Waals surface area contributed by atoms with Gasteiger partial charge in [0, 0.05) is 17.1 Å². The van der Waals surface area contributed by atoms with Gasteiger partial charge in [-0.1, -0.05) is 25.4 Å². The lowest BCUT2D eigenvalue weighted by Crippen LogP contribution is -2.15. The minimum atomic E-state index is -0.749. The van der Waals surface area contributed by atoms with Crippen LogP contribution in [0.2, 0.25) is 5.02 Å². The van der Waals surface area contributed by atoms with Crippen LogP contribution >= 0.6 is 11.6 Å². The molecule has 0 radical (unpaired) electrons. The molecule has 1 aromatic rings. The predicted octanol–water partition coefficient (Wildman–Crippen LogP) is 2.77. The quantitative estimate of drug-likeness (QED) is 0.872. The van der Waals surface area contributed by atoms with Crippen molar-refractivity contribution in [3.63, 3.8) is 0 Å². The molecule has 0 aliphatic carbocycles. The second-order valence-corrected chi connectivity index (χ2v) is 4.83. The fourth-order valence-electron chi connectivity index (χ4n) is 1.94. The highest BCUT2D eigenvalue weighted by atomic mass is 35.5. The highest BCUT2D eigenvalue weighted by Gasteiger charge is 2.21. The van der Waals surface area contributed by atoms with Gasteiger partial charge in [-0.05, 0) is 30.0 Å². The molecule has 3 N–H and O–H groups in total. The molecule has 1 unspecified atom stereocenters. The summed E-state index contributed by atoms with van der Waals surface area (Å²) in [6.07, 6.45) is -0.749. The van der Waals surface area contributed by atoms with Gasteiger partial charge in [-0.15, -0.1) is 0 Å². The van der Waals surface area contributed by atoms with Crippen LogP contribution in [0.25, 0.3) is 0 Å². The van der Waals surface area contributed by atoms with E-state index in [1.165, 1.54) is 0 Å². The normalized spacial score (nSPS) is 12.9. The molecular weight excluding hydrogens is 238 g/mol. The Bertz CT molecular complexity index is 405. The van der Waals surface area contributed by atoms with Gasteiger partial charge in [0.15, 0.2) is 0 Å². The Morgan fingerprint density at radius 2 is 2.06 bits per heavy atom. The third-order valence-corrected chi connectivity index (χ3v) is 3.33. The van der Waals surface area contributed by atoms with Crippen molar-refractivity contribution in [2.24, 2.45) is 5.73 Å². The summed E-state index contributed by atoms with van der Waals surface area (Å²) in [7, 11) is 1.60. The van der Waals surface area contributed by atoms with Gasteiger partial charge in [0.2, 0.25) is 0 Å². The van der Waals surface area contributed by atoms with Crippen molar-refractivity contribution in [2.75, 3.05) is 13.7 Å². The second kappa shape index (κ2) is 5.71. The number of rotatable bonds is 4. The Kier molecular flexibility index (Phi) is 4.80. The molecule has 3 nitrogen and oxygen atoms in total. The van der Waals surface area contributed by atoms with Crippen molar-refractivity contribution in [1.82, 2.24) is 0 Å². The first-order chi connectivity index (χ1) is 7.93. The number of methoxy groups -OCH3 is 1. The summed E-state index contributed by atoms with van der Waals surface area (Å²) >= 11 is 6.19. The lowest BCUT2D eigenvalue weighted by Gasteiger charge is -2.22. The first kappa shape index (κ1) is 14.3. The fraction of sp³-hybridized carbons (Fsp3) is 0.538. The predicted molar refractivity (Wildman–Crippen MR) is 70.8 cm³/mol. The number of hydrogen-bond donors (Lipinski definition) is 2. The monoisotopic (exact) mass is 257 g/mol. The van der Waals surface area contributed by atoms with Crippen LogP contribution in [0.5, 0.6) is 5.75 Å². The molecular formula is C13H20ClNO2. The summed E-state index contributed by atoms with van der Waals surface area (Å²) < 4.78 is 5.42. The Hall–Kier alpha value is -0.770. The summed E-state index contributed by atoms with van der Waals surface area (Å²) in [4.78, 5) is 0. The first-order valence-electron chi connectivity index (χ1n) is 5.69. The molecule has 1 aromatic carbocycles. The van der Waals surface area contributed by atoms with Crippen molar-refractivity contribution in [2.45, 2.75) is 32.8 Å². The highest BCUT2D eigenvalue weighted by Crippen LogP contribution is 2.39. The maximum absolute atomic E-state index is 9.99. The molecule has 0 aliphatic heterocycles. The fourth-order valence-corrected chi connectivity index (χ4v) is 2.16. The zero-order chi connectivity index (χ0) is 13.2. The van der Waals surface area contributed by atoms with E-state index in [4.69, 9.17) is 22.1 Å². The van der Waals surface area contributed by atoms with Crippen LogP contribution in [0.15, 0.2) is 6.07 Å². The molecule has 96 valence electrons. The van der Waals surface area contributed by atoms with E-state index < -0.39 is 6.10 Å². The molecule has 0 saturated carbocycles. The Balaban J connectivity index is 3.53. The number of aliphatic hydroxyl groups excluding tert-OH is 1. The summed E-state index contributed by atoms with van der Waals surface area (Å²) in [6.45, 7) is 6.13. The average Bonchev–Trinajstić information content (AvgIpc) is 2.30. The van der Waals surface area contributed by atoms with Crippen LogP contribution in [0.3, 0.4) is 0 Å². The van der Waals surface area contributed by atoms with Gasteiger partial charge in [-0.2, -0.15) is 0 Å². The van der Waals surface area contributed by atoms with E-state index >= 15 is 0 Å². The van der Waals surface area contributed by atoms with Crippen molar-refractivity contribution < 1.29 is 9.84 Å². The van der Waals surface area contributed by atoms with Gasteiger partial charge in [-0.25, -0.2) is 0 Å². The van der Waals surface area contributed by atoms with Crippen LogP contribution in [0, 0.1) is 6.92 Å². The molecule has 0 amide bonds. The molecule has 0 spiro atoms. The third kappa shape index (κ3) is 2.73. The number of nitrogens with two attached hydrogens (primary N) is 1. The van der Waals surface area contributed by atoms with Crippen LogP contribution in [-0.4, -0.2) is 18.8 Å². The molecule has 0 bridgehead atoms. The number of hydrogen-bond acceptors (Lipinski definition) is 3. The van der Waals surface area contributed by atoms with E-state index in [9.17, 15) is 5.11 Å². The topological polar surface area (TPSA) is 55.5 Å². The van der Waals surface area contributed by atoms with Crippen molar-refractivity contribution >= 4 is 11.6 Å². The molecule has 4 heteroatoms. The zero-order valence-electron chi connectivity index (χ0n) is 10.7. The number of benzene rings is 1. The van der Waals surface area contributed by atoms with Gasteiger partial charge in [0.1, 0.15) is 5.75 Å². The SMILES string of the molecule is COc1c(C(C)C)cc(Cl)c(C)c1C(O)CN. The largest absolute Gasteiger partial charge is 0.496 e.